The van der Waals surface area contributed by atoms with Gasteiger partial charge in [-0.1, -0.05) is 0 Å². The molecule has 2 N–H and O–H groups in total. The second-order valence-corrected chi connectivity index (χ2v) is 7.30. The topological polar surface area (TPSA) is 26.0 Å². The lowest BCUT2D eigenvalue weighted by Crippen LogP contribution is -2.48. The predicted octanol–water partition coefficient (Wildman–Crippen LogP) is 3.07. The first-order valence-corrected chi connectivity index (χ1v) is 7.12. The van der Waals surface area contributed by atoms with E-state index in [1.54, 1.807) is 19.3 Å². The smallest absolute Gasteiger partial charge is 0.0168 e. The molecular formula is C12H22ClNS. The second kappa shape index (κ2) is 4.46. The van der Waals surface area contributed by atoms with E-state index in [1.807, 2.05) is 0 Å². The van der Waals surface area contributed by atoms with E-state index in [9.17, 15) is 0 Å². The summed E-state index contributed by atoms with van der Waals surface area (Å²) in [5, 5.41) is 0. The lowest BCUT2D eigenvalue weighted by molar-refractivity contribution is 0.0384. The summed E-state index contributed by atoms with van der Waals surface area (Å²) in [4.78, 5) is 0. The molecule has 4 bridgehead atoms. The summed E-state index contributed by atoms with van der Waals surface area (Å²) < 4.78 is 0.689. The molecule has 0 spiro atoms. The first kappa shape index (κ1) is 12.1. The van der Waals surface area contributed by atoms with Crippen LogP contribution in [0.25, 0.3) is 0 Å². The first-order valence-electron chi connectivity index (χ1n) is 6.14. The van der Waals surface area contributed by atoms with E-state index in [2.05, 4.69) is 11.8 Å². The maximum atomic E-state index is 5.64. The summed E-state index contributed by atoms with van der Waals surface area (Å²) in [6, 6.07) is 0. The second-order valence-electron chi connectivity index (χ2n) is 5.74. The van der Waals surface area contributed by atoms with Crippen molar-refractivity contribution in [2.75, 3.05) is 12.3 Å². The number of hydrogen-bond donors (Lipinski definition) is 1. The van der Waals surface area contributed by atoms with Crippen LogP contribution in [0.5, 0.6) is 0 Å². The molecule has 1 nitrogen and oxygen atoms in total. The molecule has 0 aromatic rings. The van der Waals surface area contributed by atoms with Crippen molar-refractivity contribution < 1.29 is 0 Å². The highest BCUT2D eigenvalue weighted by atomic mass is 35.5. The molecule has 3 heteroatoms. The van der Waals surface area contributed by atoms with Crippen LogP contribution in [-0.4, -0.2) is 17.0 Å². The predicted molar refractivity (Wildman–Crippen MR) is 69.7 cm³/mol. The maximum Gasteiger partial charge on any atom is 0.0168 e. The summed E-state index contributed by atoms with van der Waals surface area (Å²) in [7, 11) is 0. The van der Waals surface area contributed by atoms with Gasteiger partial charge < -0.3 is 5.73 Å². The molecule has 4 fully saturated rings. The standard InChI is InChI=1S/C12H21NS.ClH/c13-1-2-14-12-6-9-3-10(7-12)5-11(4-9)8-12;/h9-11H,1-8,13H2;1H. The molecule has 0 amide bonds. The lowest BCUT2D eigenvalue weighted by Gasteiger charge is -2.56. The zero-order chi connectivity index (χ0) is 9.60. The molecule has 4 saturated carbocycles. The molecule has 4 aliphatic rings. The van der Waals surface area contributed by atoms with Crippen LogP contribution in [0, 0.1) is 17.8 Å². The molecule has 0 aromatic heterocycles. The van der Waals surface area contributed by atoms with Crippen LogP contribution in [0.3, 0.4) is 0 Å². The number of hydrogen-bond acceptors (Lipinski definition) is 2. The largest absolute Gasteiger partial charge is 0.330 e. The third-order valence-electron chi connectivity index (χ3n) is 4.51. The van der Waals surface area contributed by atoms with Gasteiger partial charge in [-0.05, 0) is 56.3 Å². The van der Waals surface area contributed by atoms with Crippen molar-refractivity contribution in [1.82, 2.24) is 0 Å². The monoisotopic (exact) mass is 247 g/mol. The summed E-state index contributed by atoms with van der Waals surface area (Å²) in [6.07, 6.45) is 9.23. The fraction of sp³-hybridized carbons (Fsp3) is 1.00. The minimum absolute atomic E-state index is 0. The minimum Gasteiger partial charge on any atom is -0.330 e. The summed E-state index contributed by atoms with van der Waals surface area (Å²) >= 11 is 2.21. The average molecular weight is 248 g/mol. The highest BCUT2D eigenvalue weighted by molar-refractivity contribution is 8.00. The lowest BCUT2D eigenvalue weighted by atomic mass is 9.56. The average Bonchev–Trinajstić information content (AvgIpc) is 2.12. The molecule has 4 aliphatic carbocycles. The van der Waals surface area contributed by atoms with Crippen molar-refractivity contribution in [1.29, 1.82) is 0 Å². The highest BCUT2D eigenvalue weighted by Gasteiger charge is 2.50. The third-order valence-corrected chi connectivity index (χ3v) is 6.06. The fourth-order valence-corrected chi connectivity index (χ4v) is 6.09. The summed E-state index contributed by atoms with van der Waals surface area (Å²) in [5.74, 6) is 4.45. The van der Waals surface area contributed by atoms with Crippen LogP contribution in [-0.2, 0) is 0 Å². The molecule has 0 saturated heterocycles. The molecule has 88 valence electrons. The van der Waals surface area contributed by atoms with Crippen LogP contribution < -0.4 is 5.73 Å². The Balaban J connectivity index is 0.000000853. The van der Waals surface area contributed by atoms with E-state index < -0.39 is 0 Å². The molecule has 15 heavy (non-hydrogen) atoms. The third kappa shape index (κ3) is 2.18. The number of rotatable bonds is 3. The van der Waals surface area contributed by atoms with E-state index in [-0.39, 0.29) is 12.4 Å². The van der Waals surface area contributed by atoms with Crippen LogP contribution in [0.1, 0.15) is 38.5 Å². The Morgan fingerprint density at radius 2 is 1.47 bits per heavy atom. The Kier molecular flexibility index (Phi) is 3.59. The van der Waals surface area contributed by atoms with E-state index >= 15 is 0 Å². The van der Waals surface area contributed by atoms with Crippen molar-refractivity contribution in [2.45, 2.75) is 43.3 Å². The Bertz CT molecular complexity index is 196. The van der Waals surface area contributed by atoms with Crippen LogP contribution in [0.2, 0.25) is 0 Å². The van der Waals surface area contributed by atoms with Crippen molar-refractivity contribution >= 4 is 24.2 Å². The van der Waals surface area contributed by atoms with E-state index in [4.69, 9.17) is 5.73 Å². The molecule has 0 aliphatic heterocycles. The molecule has 0 unspecified atom stereocenters. The Morgan fingerprint density at radius 1 is 1.00 bits per heavy atom. The van der Waals surface area contributed by atoms with Gasteiger partial charge in [0.25, 0.3) is 0 Å². The first-order chi connectivity index (χ1) is 6.80. The van der Waals surface area contributed by atoms with Gasteiger partial charge in [-0.15, -0.1) is 12.4 Å². The van der Waals surface area contributed by atoms with E-state index in [1.165, 1.54) is 25.0 Å². The molecule has 0 aromatic carbocycles. The maximum absolute atomic E-state index is 5.64. The Labute approximate surface area is 103 Å². The zero-order valence-corrected chi connectivity index (χ0v) is 10.9. The minimum atomic E-state index is 0. The fourth-order valence-electron chi connectivity index (χ4n) is 4.48. The van der Waals surface area contributed by atoms with E-state index in [0.29, 0.717) is 4.75 Å². The molecule has 0 atom stereocenters. The van der Waals surface area contributed by atoms with Crippen molar-refractivity contribution in [3.8, 4) is 0 Å². The molecule has 0 radical (unpaired) electrons. The SMILES string of the molecule is Cl.NCCSC12CC3CC(CC(C3)C1)C2. The number of thioether (sulfide) groups is 1. The Morgan fingerprint density at radius 3 is 1.87 bits per heavy atom. The van der Waals surface area contributed by atoms with Gasteiger partial charge in [0.05, 0.1) is 0 Å². The van der Waals surface area contributed by atoms with Crippen molar-refractivity contribution in [3.63, 3.8) is 0 Å². The summed E-state index contributed by atoms with van der Waals surface area (Å²) in [6.45, 7) is 0.867. The van der Waals surface area contributed by atoms with Gasteiger partial charge in [-0.2, -0.15) is 11.8 Å². The van der Waals surface area contributed by atoms with Gasteiger partial charge >= 0.3 is 0 Å². The zero-order valence-electron chi connectivity index (χ0n) is 9.28. The van der Waals surface area contributed by atoms with Gasteiger partial charge in [0, 0.05) is 17.0 Å². The van der Waals surface area contributed by atoms with Gasteiger partial charge in [0.15, 0.2) is 0 Å². The van der Waals surface area contributed by atoms with Gasteiger partial charge in [-0.25, -0.2) is 0 Å². The van der Waals surface area contributed by atoms with Crippen LogP contribution in [0.4, 0.5) is 0 Å². The van der Waals surface area contributed by atoms with Crippen LogP contribution in [0.15, 0.2) is 0 Å². The van der Waals surface area contributed by atoms with Gasteiger partial charge in [0.2, 0.25) is 0 Å². The summed E-state index contributed by atoms with van der Waals surface area (Å²) in [5.41, 5.74) is 5.64. The molecular weight excluding hydrogens is 226 g/mol. The van der Waals surface area contributed by atoms with Crippen LogP contribution >= 0.6 is 24.2 Å². The van der Waals surface area contributed by atoms with Gasteiger partial charge in [-0.3, -0.25) is 0 Å². The number of nitrogens with two attached hydrogens (primary N) is 1. The normalized spacial score (nSPS) is 46.6. The quantitative estimate of drug-likeness (QED) is 0.830. The molecule has 0 heterocycles. The van der Waals surface area contributed by atoms with E-state index in [0.717, 1.165) is 24.3 Å². The highest BCUT2D eigenvalue weighted by Crippen LogP contribution is 2.60. The van der Waals surface area contributed by atoms with Crippen molar-refractivity contribution in [3.05, 3.63) is 0 Å². The van der Waals surface area contributed by atoms with Gasteiger partial charge in [0.1, 0.15) is 0 Å². The molecule has 4 rings (SSSR count). The Hall–Kier alpha value is 0.600. The van der Waals surface area contributed by atoms with Crippen molar-refractivity contribution in [2.24, 2.45) is 23.5 Å². The number of halogens is 1.